The van der Waals surface area contributed by atoms with Crippen LogP contribution in [0, 0.1) is 6.92 Å². The Labute approximate surface area is 100 Å². The van der Waals surface area contributed by atoms with E-state index in [1.807, 2.05) is 16.8 Å². The number of piperidine rings is 1. The van der Waals surface area contributed by atoms with Crippen LogP contribution in [0.25, 0.3) is 5.65 Å². The van der Waals surface area contributed by atoms with E-state index in [2.05, 4.69) is 33.7 Å². The number of nitrogens with one attached hydrogen (secondary N) is 2. The van der Waals surface area contributed by atoms with E-state index in [-0.39, 0.29) is 0 Å². The van der Waals surface area contributed by atoms with Gasteiger partial charge in [0.2, 0.25) is 5.95 Å². The molecule has 0 unspecified atom stereocenters. The molecule has 0 bridgehead atoms. The van der Waals surface area contributed by atoms with Crippen molar-refractivity contribution in [1.82, 2.24) is 19.9 Å². The molecular weight excluding hydrogens is 214 g/mol. The third-order valence-corrected chi connectivity index (χ3v) is 3.15. The fraction of sp³-hybridized carbons (Fsp3) is 0.500. The van der Waals surface area contributed by atoms with Crippen molar-refractivity contribution in [3.63, 3.8) is 0 Å². The van der Waals surface area contributed by atoms with Crippen LogP contribution in [0.15, 0.2) is 18.3 Å². The SMILES string of the molecule is Cc1ccc2nc(NC3CCNCC3)nn2c1. The lowest BCUT2D eigenvalue weighted by Crippen LogP contribution is -2.35. The molecule has 0 aromatic carbocycles. The molecule has 17 heavy (non-hydrogen) atoms. The number of nitrogens with zero attached hydrogens (tertiary/aromatic N) is 3. The summed E-state index contributed by atoms with van der Waals surface area (Å²) >= 11 is 0. The Morgan fingerprint density at radius 2 is 2.18 bits per heavy atom. The van der Waals surface area contributed by atoms with Gasteiger partial charge in [-0.1, -0.05) is 6.07 Å². The molecule has 3 heterocycles. The maximum Gasteiger partial charge on any atom is 0.243 e. The first kappa shape index (κ1) is 10.5. The van der Waals surface area contributed by atoms with Crippen molar-refractivity contribution in [2.24, 2.45) is 0 Å². The minimum atomic E-state index is 0.495. The van der Waals surface area contributed by atoms with E-state index < -0.39 is 0 Å². The van der Waals surface area contributed by atoms with E-state index >= 15 is 0 Å². The molecule has 0 radical (unpaired) electrons. The quantitative estimate of drug-likeness (QED) is 0.815. The van der Waals surface area contributed by atoms with Gasteiger partial charge in [-0.05, 0) is 44.5 Å². The minimum Gasteiger partial charge on any atom is -0.350 e. The van der Waals surface area contributed by atoms with Crippen molar-refractivity contribution in [2.45, 2.75) is 25.8 Å². The van der Waals surface area contributed by atoms with Gasteiger partial charge in [-0.25, -0.2) is 4.52 Å². The first-order valence-electron chi connectivity index (χ1n) is 6.11. The average molecular weight is 231 g/mol. The fourth-order valence-electron chi connectivity index (χ4n) is 2.20. The number of fused-ring (bicyclic) bond motifs is 1. The Hall–Kier alpha value is -1.62. The van der Waals surface area contributed by atoms with E-state index in [0.29, 0.717) is 6.04 Å². The number of hydrogen-bond donors (Lipinski definition) is 2. The lowest BCUT2D eigenvalue weighted by Gasteiger charge is -2.22. The van der Waals surface area contributed by atoms with Crippen LogP contribution in [0.2, 0.25) is 0 Å². The molecule has 5 heteroatoms. The molecule has 1 aliphatic rings. The lowest BCUT2D eigenvalue weighted by atomic mass is 10.1. The zero-order chi connectivity index (χ0) is 11.7. The molecule has 0 amide bonds. The monoisotopic (exact) mass is 231 g/mol. The minimum absolute atomic E-state index is 0.495. The molecule has 1 aliphatic heterocycles. The molecule has 3 rings (SSSR count). The molecule has 1 saturated heterocycles. The normalized spacial score (nSPS) is 17.5. The molecule has 90 valence electrons. The summed E-state index contributed by atoms with van der Waals surface area (Å²) in [5.41, 5.74) is 2.09. The first-order valence-corrected chi connectivity index (χ1v) is 6.11. The molecule has 2 aromatic heterocycles. The summed E-state index contributed by atoms with van der Waals surface area (Å²) < 4.78 is 1.83. The first-order chi connectivity index (χ1) is 8.31. The Morgan fingerprint density at radius 3 is 3.00 bits per heavy atom. The van der Waals surface area contributed by atoms with Crippen LogP contribution in [0.3, 0.4) is 0 Å². The number of aromatic nitrogens is 3. The predicted octanol–water partition coefficient (Wildman–Crippen LogP) is 1.20. The van der Waals surface area contributed by atoms with E-state index in [1.165, 1.54) is 5.56 Å². The topological polar surface area (TPSA) is 54.2 Å². The summed E-state index contributed by atoms with van der Waals surface area (Å²) in [5.74, 6) is 0.738. The second-order valence-electron chi connectivity index (χ2n) is 4.61. The Morgan fingerprint density at radius 1 is 1.35 bits per heavy atom. The van der Waals surface area contributed by atoms with Gasteiger partial charge >= 0.3 is 0 Å². The summed E-state index contributed by atoms with van der Waals surface area (Å²) in [6.45, 7) is 4.20. The smallest absolute Gasteiger partial charge is 0.243 e. The number of anilines is 1. The number of pyridine rings is 1. The predicted molar refractivity (Wildman–Crippen MR) is 67.2 cm³/mol. The van der Waals surface area contributed by atoms with Crippen LogP contribution in [0.1, 0.15) is 18.4 Å². The van der Waals surface area contributed by atoms with Crippen LogP contribution >= 0.6 is 0 Å². The largest absolute Gasteiger partial charge is 0.350 e. The van der Waals surface area contributed by atoms with E-state index in [4.69, 9.17) is 0 Å². The summed E-state index contributed by atoms with van der Waals surface area (Å²) in [6.07, 6.45) is 4.26. The second kappa shape index (κ2) is 4.33. The molecular formula is C12H17N5. The van der Waals surface area contributed by atoms with Crippen LogP contribution in [-0.2, 0) is 0 Å². The summed E-state index contributed by atoms with van der Waals surface area (Å²) in [5, 5.41) is 11.2. The van der Waals surface area contributed by atoms with Crippen LogP contribution in [-0.4, -0.2) is 33.7 Å². The Balaban J connectivity index is 1.80. The molecule has 0 saturated carbocycles. The fourth-order valence-corrected chi connectivity index (χ4v) is 2.20. The highest BCUT2D eigenvalue weighted by atomic mass is 15.3. The molecule has 0 atom stereocenters. The average Bonchev–Trinajstić information content (AvgIpc) is 2.71. The van der Waals surface area contributed by atoms with Crippen molar-refractivity contribution in [1.29, 1.82) is 0 Å². The Bertz CT molecular complexity index is 513. The summed E-state index contributed by atoms with van der Waals surface area (Å²) in [6, 6.07) is 4.55. The zero-order valence-corrected chi connectivity index (χ0v) is 9.98. The van der Waals surface area contributed by atoms with Gasteiger partial charge in [-0.2, -0.15) is 4.98 Å². The van der Waals surface area contributed by atoms with Crippen LogP contribution < -0.4 is 10.6 Å². The van der Waals surface area contributed by atoms with Gasteiger partial charge in [0.05, 0.1) is 0 Å². The van der Waals surface area contributed by atoms with Gasteiger partial charge in [0.1, 0.15) is 0 Å². The maximum atomic E-state index is 4.47. The third-order valence-electron chi connectivity index (χ3n) is 3.15. The van der Waals surface area contributed by atoms with Gasteiger partial charge in [0.15, 0.2) is 5.65 Å². The molecule has 5 nitrogen and oxygen atoms in total. The van der Waals surface area contributed by atoms with Gasteiger partial charge in [-0.3, -0.25) is 0 Å². The molecule has 1 fully saturated rings. The van der Waals surface area contributed by atoms with Gasteiger partial charge in [0.25, 0.3) is 0 Å². The highest BCUT2D eigenvalue weighted by Crippen LogP contribution is 2.11. The number of aryl methyl sites for hydroxylation is 1. The highest BCUT2D eigenvalue weighted by Gasteiger charge is 2.14. The highest BCUT2D eigenvalue weighted by molar-refractivity contribution is 5.44. The zero-order valence-electron chi connectivity index (χ0n) is 9.98. The maximum absolute atomic E-state index is 4.47. The summed E-state index contributed by atoms with van der Waals surface area (Å²) in [4.78, 5) is 4.47. The van der Waals surface area contributed by atoms with Crippen LogP contribution in [0.5, 0.6) is 0 Å². The molecule has 2 aromatic rings. The van der Waals surface area contributed by atoms with Crippen molar-refractivity contribution in [3.8, 4) is 0 Å². The lowest BCUT2D eigenvalue weighted by molar-refractivity contribution is 0.477. The van der Waals surface area contributed by atoms with E-state index in [0.717, 1.165) is 37.5 Å². The Kier molecular flexibility index (Phi) is 2.68. The number of rotatable bonds is 2. The molecule has 2 N–H and O–H groups in total. The van der Waals surface area contributed by atoms with Gasteiger partial charge in [-0.15, -0.1) is 5.10 Å². The van der Waals surface area contributed by atoms with Gasteiger partial charge < -0.3 is 10.6 Å². The number of hydrogen-bond acceptors (Lipinski definition) is 4. The van der Waals surface area contributed by atoms with Crippen molar-refractivity contribution < 1.29 is 0 Å². The second-order valence-corrected chi connectivity index (χ2v) is 4.61. The van der Waals surface area contributed by atoms with Crippen LogP contribution in [0.4, 0.5) is 5.95 Å². The van der Waals surface area contributed by atoms with Crippen molar-refractivity contribution >= 4 is 11.6 Å². The van der Waals surface area contributed by atoms with Crippen molar-refractivity contribution in [2.75, 3.05) is 18.4 Å². The van der Waals surface area contributed by atoms with E-state index in [9.17, 15) is 0 Å². The van der Waals surface area contributed by atoms with Gasteiger partial charge in [0, 0.05) is 12.2 Å². The van der Waals surface area contributed by atoms with Crippen molar-refractivity contribution in [3.05, 3.63) is 23.9 Å². The standard InChI is InChI=1S/C12H17N5/c1-9-2-3-11-15-12(16-17(11)8-9)14-10-4-6-13-7-5-10/h2-3,8,10,13H,4-7H2,1H3,(H,14,16). The summed E-state index contributed by atoms with van der Waals surface area (Å²) in [7, 11) is 0. The van der Waals surface area contributed by atoms with E-state index in [1.54, 1.807) is 0 Å². The third kappa shape index (κ3) is 2.24. The molecule has 0 spiro atoms. The molecule has 0 aliphatic carbocycles.